The minimum absolute atomic E-state index is 0.00465. The summed E-state index contributed by atoms with van der Waals surface area (Å²) in [6.07, 6.45) is 7.35. The molecule has 3 heterocycles. The van der Waals surface area contributed by atoms with Crippen LogP contribution in [-0.2, 0) is 9.16 Å². The zero-order chi connectivity index (χ0) is 35.3. The normalized spacial score (nSPS) is 17.5. The molecule has 0 fully saturated rings. The van der Waals surface area contributed by atoms with Crippen molar-refractivity contribution < 1.29 is 23.7 Å². The van der Waals surface area contributed by atoms with Crippen molar-refractivity contribution >= 4 is 45.0 Å². The van der Waals surface area contributed by atoms with Gasteiger partial charge in [0.15, 0.2) is 38.7 Å². The Balaban J connectivity index is 1.74. The third-order valence-electron chi connectivity index (χ3n) is 8.07. The number of benzene rings is 1. The fraction of sp³-hybridized carbons (Fsp3) is 0.432. The molecule has 2 aliphatic heterocycles. The Bertz CT molecular complexity index is 1740. The monoisotopic (exact) mass is 684 g/mol. The lowest BCUT2D eigenvalue weighted by Gasteiger charge is -2.38. The van der Waals surface area contributed by atoms with E-state index in [4.69, 9.17) is 18.6 Å². The maximum absolute atomic E-state index is 10.0. The van der Waals surface area contributed by atoms with Gasteiger partial charge in [0, 0.05) is 24.4 Å². The van der Waals surface area contributed by atoms with E-state index in [0.717, 1.165) is 27.5 Å². The number of fused-ring (bicyclic) bond motifs is 1. The van der Waals surface area contributed by atoms with Gasteiger partial charge in [-0.2, -0.15) is 15.8 Å². The highest BCUT2D eigenvalue weighted by molar-refractivity contribution is 7.14. The second-order valence-electron chi connectivity index (χ2n) is 13.9. The summed E-state index contributed by atoms with van der Waals surface area (Å²) in [6.45, 7) is 18.1. The number of thiophene rings is 1. The fourth-order valence-electron chi connectivity index (χ4n) is 5.28. The van der Waals surface area contributed by atoms with Crippen LogP contribution in [0, 0.1) is 34.0 Å². The van der Waals surface area contributed by atoms with E-state index >= 15 is 0 Å². The zero-order valence-corrected chi connectivity index (χ0v) is 31.2. The van der Waals surface area contributed by atoms with Gasteiger partial charge in [-0.05, 0) is 69.5 Å². The number of ether oxygens (including phenoxy) is 3. The van der Waals surface area contributed by atoms with E-state index in [9.17, 15) is 20.9 Å². The van der Waals surface area contributed by atoms with Crippen LogP contribution in [0.3, 0.4) is 0 Å². The zero-order valence-electron chi connectivity index (χ0n) is 29.0. The number of aliphatic hydroxyl groups excluding tert-OH is 1. The van der Waals surface area contributed by atoms with Crippen LogP contribution in [0.5, 0.6) is 11.5 Å². The standard InChI is InChI=1S/C37H44N4O5SSi/c1-9-41(18-19-42)26-13-10-24(11-14-26)12-16-29-33-34(44-31(23-43-33)37(7,8)46-48-35(2,3)4)30(47-29)17-15-28-27(22-40)32(25(20-38)21-39)45-36(28,5)6/h10-17,31,42H,9,18-19,23,48H2,1-8H3. The fourth-order valence-corrected chi connectivity index (χ4v) is 7.25. The van der Waals surface area contributed by atoms with Gasteiger partial charge in [0.1, 0.15) is 36.0 Å². The second kappa shape index (κ2) is 14.8. The Morgan fingerprint density at radius 1 is 1.04 bits per heavy atom. The molecule has 48 heavy (non-hydrogen) atoms. The molecule has 1 unspecified atom stereocenters. The average molecular weight is 685 g/mol. The van der Waals surface area contributed by atoms with Crippen LogP contribution in [-0.4, -0.2) is 58.5 Å². The first kappa shape index (κ1) is 36.5. The highest BCUT2D eigenvalue weighted by Crippen LogP contribution is 2.49. The average Bonchev–Trinajstić information content (AvgIpc) is 3.53. The summed E-state index contributed by atoms with van der Waals surface area (Å²) in [7, 11) is -0.862. The topological polar surface area (TPSA) is 132 Å². The highest BCUT2D eigenvalue weighted by atomic mass is 32.1. The lowest BCUT2D eigenvalue weighted by atomic mass is 9.94. The van der Waals surface area contributed by atoms with Crippen molar-refractivity contribution in [3.05, 3.63) is 68.1 Å². The quantitative estimate of drug-likeness (QED) is 0.198. The minimum atomic E-state index is -0.945. The molecule has 9 nitrogen and oxygen atoms in total. The highest BCUT2D eigenvalue weighted by Gasteiger charge is 2.41. The number of hydrogen-bond acceptors (Lipinski definition) is 10. The number of rotatable bonds is 11. The molecular formula is C37H44N4O5SSi. The first-order valence-electron chi connectivity index (χ1n) is 16.0. The summed E-state index contributed by atoms with van der Waals surface area (Å²) in [5, 5.41) is 38.4. The number of allylic oxidation sites excluding steroid dienone is 2. The van der Waals surface area contributed by atoms with Crippen LogP contribution in [0.2, 0.25) is 5.04 Å². The minimum Gasteiger partial charge on any atom is -0.484 e. The number of nitriles is 3. The molecule has 252 valence electrons. The van der Waals surface area contributed by atoms with E-state index in [1.165, 1.54) is 11.3 Å². The third-order valence-corrected chi connectivity index (χ3v) is 10.9. The molecule has 1 aromatic carbocycles. The summed E-state index contributed by atoms with van der Waals surface area (Å²) in [6, 6.07) is 14.0. The molecule has 0 amide bonds. The second-order valence-corrected chi connectivity index (χ2v) is 17.6. The van der Waals surface area contributed by atoms with E-state index in [1.807, 2.05) is 68.5 Å². The molecule has 0 saturated heterocycles. The van der Waals surface area contributed by atoms with Crippen molar-refractivity contribution in [1.29, 1.82) is 15.8 Å². The smallest absolute Gasteiger partial charge is 0.180 e. The van der Waals surface area contributed by atoms with E-state index in [1.54, 1.807) is 19.9 Å². The third kappa shape index (κ3) is 8.21. The number of nitrogens with zero attached hydrogens (tertiary/aromatic N) is 4. The van der Waals surface area contributed by atoms with Gasteiger partial charge < -0.3 is 28.6 Å². The van der Waals surface area contributed by atoms with Crippen molar-refractivity contribution in [1.82, 2.24) is 0 Å². The Kier molecular flexibility index (Phi) is 11.3. The molecule has 4 rings (SSSR count). The molecule has 1 aromatic heterocycles. The van der Waals surface area contributed by atoms with E-state index in [-0.39, 0.29) is 34.7 Å². The van der Waals surface area contributed by atoms with Crippen LogP contribution >= 0.6 is 11.3 Å². The van der Waals surface area contributed by atoms with Gasteiger partial charge in [-0.1, -0.05) is 45.1 Å². The van der Waals surface area contributed by atoms with Crippen molar-refractivity contribution in [2.24, 2.45) is 0 Å². The van der Waals surface area contributed by atoms with E-state index < -0.39 is 21.0 Å². The summed E-state index contributed by atoms with van der Waals surface area (Å²) >= 11 is 1.50. The molecule has 0 bridgehead atoms. The van der Waals surface area contributed by atoms with Gasteiger partial charge in [0.2, 0.25) is 0 Å². The molecule has 11 heteroatoms. The van der Waals surface area contributed by atoms with Gasteiger partial charge in [-0.25, -0.2) is 0 Å². The molecule has 0 radical (unpaired) electrons. The molecular weight excluding hydrogens is 641 g/mol. The summed E-state index contributed by atoms with van der Waals surface area (Å²) < 4.78 is 25.5. The largest absolute Gasteiger partial charge is 0.484 e. The molecule has 0 saturated carbocycles. The van der Waals surface area contributed by atoms with Crippen LogP contribution in [0.15, 0.2) is 52.8 Å². The van der Waals surface area contributed by atoms with Gasteiger partial charge >= 0.3 is 0 Å². The Morgan fingerprint density at radius 3 is 2.27 bits per heavy atom. The number of likely N-dealkylation sites (N-methyl/N-ethyl adjacent to an activating group) is 1. The molecule has 2 aliphatic rings. The summed E-state index contributed by atoms with van der Waals surface area (Å²) in [5.74, 6) is 1.23. The van der Waals surface area contributed by atoms with E-state index in [2.05, 4.69) is 38.7 Å². The van der Waals surface area contributed by atoms with Gasteiger partial charge in [-0.3, -0.25) is 0 Å². The molecule has 0 spiro atoms. The number of aliphatic hydroxyl groups is 1. The summed E-state index contributed by atoms with van der Waals surface area (Å²) in [4.78, 5) is 3.77. The Labute approximate surface area is 290 Å². The van der Waals surface area contributed by atoms with Crippen molar-refractivity contribution in [2.45, 2.75) is 77.7 Å². The first-order chi connectivity index (χ1) is 22.7. The van der Waals surface area contributed by atoms with Crippen LogP contribution in [0.4, 0.5) is 5.69 Å². The number of anilines is 1. The maximum Gasteiger partial charge on any atom is 0.180 e. The predicted octanol–water partition coefficient (Wildman–Crippen LogP) is 6.92. The van der Waals surface area contributed by atoms with Crippen molar-refractivity contribution in [3.63, 3.8) is 0 Å². The molecule has 0 aliphatic carbocycles. The Hall–Kier alpha value is -4.31. The van der Waals surface area contributed by atoms with Gasteiger partial charge in [0.25, 0.3) is 0 Å². The van der Waals surface area contributed by atoms with Crippen LogP contribution in [0.25, 0.3) is 18.2 Å². The van der Waals surface area contributed by atoms with Crippen LogP contribution in [0.1, 0.15) is 70.7 Å². The van der Waals surface area contributed by atoms with E-state index in [0.29, 0.717) is 30.2 Å². The van der Waals surface area contributed by atoms with Crippen molar-refractivity contribution in [3.8, 4) is 29.7 Å². The van der Waals surface area contributed by atoms with Crippen LogP contribution < -0.4 is 14.4 Å². The lowest BCUT2D eigenvalue weighted by Crippen LogP contribution is -2.49. The van der Waals surface area contributed by atoms with Gasteiger partial charge in [-0.15, -0.1) is 11.3 Å². The number of hydrogen-bond donors (Lipinski definition) is 1. The van der Waals surface area contributed by atoms with Crippen molar-refractivity contribution in [2.75, 3.05) is 31.2 Å². The lowest BCUT2D eigenvalue weighted by molar-refractivity contribution is -0.0495. The SMILES string of the molecule is CCN(CCO)c1ccc(C=Cc2sc(C=CC3=C(C#N)C(=C(C#N)C#N)OC3(C)C)c3c2OCC(C(C)(C)O[SiH2]C(C)(C)C)O3)cc1. The molecule has 1 N–H and O–H groups in total. The molecule has 2 aromatic rings. The maximum atomic E-state index is 10.0. The molecule has 1 atom stereocenters. The van der Waals surface area contributed by atoms with Gasteiger partial charge in [0.05, 0.1) is 22.0 Å². The first-order valence-corrected chi connectivity index (χ1v) is 18.1. The summed E-state index contributed by atoms with van der Waals surface area (Å²) in [5.41, 5.74) is 0.994. The Morgan fingerprint density at radius 2 is 1.69 bits per heavy atom. The predicted molar refractivity (Wildman–Crippen MR) is 193 cm³/mol.